The first kappa shape index (κ1) is 14.8. The number of hydrogen-bond donors (Lipinski definition) is 2. The Kier molecular flexibility index (Phi) is 4.37. The normalized spacial score (nSPS) is 10.2. The molecule has 0 saturated carbocycles. The predicted molar refractivity (Wildman–Crippen MR) is 76.1 cm³/mol. The number of rotatable bonds is 4. The fourth-order valence-corrected chi connectivity index (χ4v) is 1.74. The molecule has 2 aromatic carbocycles. The van der Waals surface area contributed by atoms with E-state index in [1.807, 2.05) is 0 Å². The van der Waals surface area contributed by atoms with Gasteiger partial charge in [0.25, 0.3) is 5.91 Å². The van der Waals surface area contributed by atoms with Crippen LogP contribution in [0.3, 0.4) is 0 Å². The van der Waals surface area contributed by atoms with Crippen molar-refractivity contribution in [2.45, 2.75) is 6.92 Å². The van der Waals surface area contributed by atoms with Crippen molar-refractivity contribution in [1.82, 2.24) is 0 Å². The van der Waals surface area contributed by atoms with Gasteiger partial charge in [0.2, 0.25) is 0 Å². The van der Waals surface area contributed by atoms with Crippen LogP contribution in [0.2, 0.25) is 0 Å². The Morgan fingerprint density at radius 3 is 2.57 bits per heavy atom. The Morgan fingerprint density at radius 1 is 1.24 bits per heavy atom. The molecule has 6 heteroatoms. The Balaban J connectivity index is 1.97. The van der Waals surface area contributed by atoms with E-state index in [9.17, 15) is 13.6 Å². The zero-order valence-electron chi connectivity index (χ0n) is 11.3. The summed E-state index contributed by atoms with van der Waals surface area (Å²) < 4.78 is 31.0. The minimum atomic E-state index is -0.767. The van der Waals surface area contributed by atoms with Gasteiger partial charge in [-0.05, 0) is 24.6 Å². The van der Waals surface area contributed by atoms with E-state index < -0.39 is 17.5 Å². The molecular formula is C15H14F2N2O2. The fourth-order valence-electron chi connectivity index (χ4n) is 1.74. The van der Waals surface area contributed by atoms with Crippen molar-refractivity contribution in [3.05, 3.63) is 53.6 Å². The number of nitrogen functional groups attached to an aromatic ring is 1. The molecule has 0 aliphatic carbocycles. The Morgan fingerprint density at radius 2 is 1.90 bits per heavy atom. The second-order valence-electron chi connectivity index (χ2n) is 4.46. The molecule has 21 heavy (non-hydrogen) atoms. The molecule has 0 fully saturated rings. The van der Waals surface area contributed by atoms with Crippen LogP contribution in [0.15, 0.2) is 36.4 Å². The van der Waals surface area contributed by atoms with Crippen LogP contribution in [0, 0.1) is 18.6 Å². The first-order valence-corrected chi connectivity index (χ1v) is 6.19. The van der Waals surface area contributed by atoms with Gasteiger partial charge in [0, 0.05) is 29.6 Å². The molecule has 0 heterocycles. The van der Waals surface area contributed by atoms with Gasteiger partial charge in [-0.15, -0.1) is 0 Å². The van der Waals surface area contributed by atoms with Crippen LogP contribution in [0.4, 0.5) is 20.2 Å². The lowest BCUT2D eigenvalue weighted by atomic mass is 10.1. The summed E-state index contributed by atoms with van der Waals surface area (Å²) in [5, 5.41) is 2.62. The van der Waals surface area contributed by atoms with E-state index in [-0.39, 0.29) is 12.4 Å². The first-order valence-electron chi connectivity index (χ1n) is 6.19. The number of hydrogen-bond acceptors (Lipinski definition) is 3. The average Bonchev–Trinajstić information content (AvgIpc) is 2.41. The zero-order chi connectivity index (χ0) is 15.4. The maximum absolute atomic E-state index is 13.0. The van der Waals surface area contributed by atoms with Gasteiger partial charge in [-0.25, -0.2) is 8.78 Å². The lowest BCUT2D eigenvalue weighted by Gasteiger charge is -2.11. The second kappa shape index (κ2) is 6.21. The van der Waals surface area contributed by atoms with Gasteiger partial charge >= 0.3 is 0 Å². The minimum absolute atomic E-state index is 0.0491. The largest absolute Gasteiger partial charge is 0.484 e. The monoisotopic (exact) mass is 292 g/mol. The highest BCUT2D eigenvalue weighted by molar-refractivity contribution is 5.93. The van der Waals surface area contributed by atoms with Gasteiger partial charge in [0.1, 0.15) is 17.4 Å². The quantitative estimate of drug-likeness (QED) is 0.852. The highest BCUT2D eigenvalue weighted by Gasteiger charge is 2.08. The van der Waals surface area contributed by atoms with Gasteiger partial charge in [-0.3, -0.25) is 4.79 Å². The highest BCUT2D eigenvalue weighted by atomic mass is 19.1. The lowest BCUT2D eigenvalue weighted by Crippen LogP contribution is -2.21. The van der Waals surface area contributed by atoms with Crippen molar-refractivity contribution in [2.24, 2.45) is 0 Å². The third-order valence-electron chi connectivity index (χ3n) is 2.86. The molecule has 2 rings (SSSR count). The molecule has 1 amide bonds. The number of nitrogens with one attached hydrogen (secondary N) is 1. The standard InChI is InChI=1S/C15H14F2N2O2/c1-9-13(18)3-2-4-14(9)19-15(20)8-21-12-6-10(16)5-11(17)7-12/h2-7H,8,18H2,1H3,(H,19,20). The van der Waals surface area contributed by atoms with Crippen LogP contribution in [0.25, 0.3) is 0 Å². The lowest BCUT2D eigenvalue weighted by molar-refractivity contribution is -0.118. The van der Waals surface area contributed by atoms with Gasteiger partial charge in [0.05, 0.1) is 0 Å². The van der Waals surface area contributed by atoms with Crippen LogP contribution in [-0.4, -0.2) is 12.5 Å². The van der Waals surface area contributed by atoms with Crippen LogP contribution in [-0.2, 0) is 4.79 Å². The molecule has 0 radical (unpaired) electrons. The van der Waals surface area contributed by atoms with E-state index in [2.05, 4.69) is 5.32 Å². The topological polar surface area (TPSA) is 64.3 Å². The van der Waals surface area contributed by atoms with Gasteiger partial charge in [-0.1, -0.05) is 6.07 Å². The highest BCUT2D eigenvalue weighted by Crippen LogP contribution is 2.20. The van der Waals surface area contributed by atoms with E-state index in [0.29, 0.717) is 11.4 Å². The summed E-state index contributed by atoms with van der Waals surface area (Å²) in [4.78, 5) is 11.8. The molecule has 0 aliphatic rings. The zero-order valence-corrected chi connectivity index (χ0v) is 11.3. The van der Waals surface area contributed by atoms with E-state index in [1.165, 1.54) is 0 Å². The van der Waals surface area contributed by atoms with Gasteiger partial charge in [-0.2, -0.15) is 0 Å². The summed E-state index contributed by atoms with van der Waals surface area (Å²) in [6.45, 7) is 1.41. The molecular weight excluding hydrogens is 278 g/mol. The van der Waals surface area contributed by atoms with Crippen LogP contribution < -0.4 is 15.8 Å². The molecule has 3 N–H and O–H groups in total. The van der Waals surface area contributed by atoms with Crippen LogP contribution >= 0.6 is 0 Å². The summed E-state index contributed by atoms with van der Waals surface area (Å²) in [5.41, 5.74) is 7.59. The van der Waals surface area contributed by atoms with E-state index in [0.717, 1.165) is 23.8 Å². The average molecular weight is 292 g/mol. The fraction of sp³-hybridized carbons (Fsp3) is 0.133. The molecule has 110 valence electrons. The molecule has 0 unspecified atom stereocenters. The maximum Gasteiger partial charge on any atom is 0.262 e. The minimum Gasteiger partial charge on any atom is -0.484 e. The van der Waals surface area contributed by atoms with E-state index >= 15 is 0 Å². The van der Waals surface area contributed by atoms with Crippen molar-refractivity contribution in [1.29, 1.82) is 0 Å². The third-order valence-corrected chi connectivity index (χ3v) is 2.86. The number of anilines is 2. The van der Waals surface area contributed by atoms with Crippen molar-refractivity contribution in [2.75, 3.05) is 17.7 Å². The number of benzene rings is 2. The molecule has 0 spiro atoms. The Bertz CT molecular complexity index is 654. The number of carbonyl (C=O) groups excluding carboxylic acids is 1. The summed E-state index contributed by atoms with van der Waals surface area (Å²) in [6, 6.07) is 7.86. The summed E-state index contributed by atoms with van der Waals surface area (Å²) in [5.74, 6) is -2.03. The number of halogens is 2. The van der Waals surface area contributed by atoms with Crippen molar-refractivity contribution in [3.63, 3.8) is 0 Å². The predicted octanol–water partition coefficient (Wildman–Crippen LogP) is 2.87. The van der Waals surface area contributed by atoms with Gasteiger partial charge in [0.15, 0.2) is 6.61 Å². The summed E-state index contributed by atoms with van der Waals surface area (Å²) in [7, 11) is 0. The van der Waals surface area contributed by atoms with Crippen molar-refractivity contribution in [3.8, 4) is 5.75 Å². The van der Waals surface area contributed by atoms with Crippen molar-refractivity contribution < 1.29 is 18.3 Å². The van der Waals surface area contributed by atoms with Crippen LogP contribution in [0.1, 0.15) is 5.56 Å². The molecule has 0 bridgehead atoms. The first-order chi connectivity index (χ1) is 9.95. The molecule has 0 atom stereocenters. The number of amides is 1. The number of ether oxygens (including phenoxy) is 1. The Labute approximate surface area is 120 Å². The molecule has 4 nitrogen and oxygen atoms in total. The smallest absolute Gasteiger partial charge is 0.262 e. The third kappa shape index (κ3) is 3.92. The molecule has 0 aliphatic heterocycles. The van der Waals surface area contributed by atoms with Gasteiger partial charge < -0.3 is 15.8 Å². The summed E-state index contributed by atoms with van der Waals surface area (Å²) in [6.07, 6.45) is 0. The molecule has 2 aromatic rings. The summed E-state index contributed by atoms with van der Waals surface area (Å²) >= 11 is 0. The Hall–Kier alpha value is -2.63. The second-order valence-corrected chi connectivity index (χ2v) is 4.46. The molecule has 0 saturated heterocycles. The number of nitrogens with two attached hydrogens (primary N) is 1. The van der Waals surface area contributed by atoms with Crippen molar-refractivity contribution >= 4 is 17.3 Å². The van der Waals surface area contributed by atoms with E-state index in [1.54, 1.807) is 25.1 Å². The van der Waals surface area contributed by atoms with Crippen LogP contribution in [0.5, 0.6) is 5.75 Å². The molecule has 0 aromatic heterocycles. The maximum atomic E-state index is 13.0. The number of carbonyl (C=O) groups is 1. The SMILES string of the molecule is Cc1c(N)cccc1NC(=O)COc1cc(F)cc(F)c1. The van der Waals surface area contributed by atoms with E-state index in [4.69, 9.17) is 10.5 Å².